The third-order valence-electron chi connectivity index (χ3n) is 5.93. The van der Waals surface area contributed by atoms with Gasteiger partial charge in [-0.3, -0.25) is 0 Å². The molecule has 0 heterocycles. The molecule has 0 spiro atoms. The number of allylic oxidation sites excluding steroid dienone is 5. The minimum Gasteiger partial charge on any atom is -0.467 e. The highest BCUT2D eigenvalue weighted by Gasteiger charge is 2.35. The van der Waals surface area contributed by atoms with Crippen LogP contribution in [0.15, 0.2) is 47.6 Å². The Balaban J connectivity index is 0.00000300. The Morgan fingerprint density at radius 1 is 1.21 bits per heavy atom. The van der Waals surface area contributed by atoms with Crippen LogP contribution in [0.1, 0.15) is 46.2 Å². The molecule has 4 heteroatoms. The smallest absolute Gasteiger partial charge is 0.328 e. The predicted molar refractivity (Wildman–Crippen MR) is 123 cm³/mol. The highest BCUT2D eigenvalue weighted by atomic mass is 16.5. The number of fused-ring (bicyclic) bond motifs is 2. The first-order chi connectivity index (χ1) is 13.2. The van der Waals surface area contributed by atoms with Crippen molar-refractivity contribution in [3.05, 3.63) is 58.7 Å². The van der Waals surface area contributed by atoms with Crippen molar-refractivity contribution >= 4 is 23.4 Å². The van der Waals surface area contributed by atoms with Crippen LogP contribution in [0.25, 0.3) is 6.08 Å². The van der Waals surface area contributed by atoms with Crippen molar-refractivity contribution in [2.24, 2.45) is 0 Å². The van der Waals surface area contributed by atoms with Crippen molar-refractivity contribution in [2.45, 2.75) is 46.6 Å². The molecule has 3 rings (SSSR count). The summed E-state index contributed by atoms with van der Waals surface area (Å²) >= 11 is 0. The van der Waals surface area contributed by atoms with Gasteiger partial charge in [0.25, 0.3) is 0 Å². The van der Waals surface area contributed by atoms with Gasteiger partial charge in [-0.15, -0.1) is 0 Å². The van der Waals surface area contributed by atoms with E-state index >= 15 is 0 Å². The van der Waals surface area contributed by atoms with Crippen molar-refractivity contribution in [1.29, 1.82) is 0 Å². The molecule has 156 valence electrons. The number of benzene rings is 1. The third kappa shape index (κ3) is 3.93. The summed E-state index contributed by atoms with van der Waals surface area (Å²) < 4.78 is 7.10. The Morgan fingerprint density at radius 2 is 1.90 bits per heavy atom. The van der Waals surface area contributed by atoms with Crippen molar-refractivity contribution in [1.82, 2.24) is 0 Å². The van der Waals surface area contributed by atoms with Gasteiger partial charge in [-0.1, -0.05) is 27.3 Å². The van der Waals surface area contributed by atoms with Gasteiger partial charge in [0.15, 0.2) is 5.71 Å². The van der Waals surface area contributed by atoms with Crippen molar-refractivity contribution in [3.8, 4) is 0 Å². The van der Waals surface area contributed by atoms with E-state index in [9.17, 15) is 4.79 Å². The fourth-order valence-corrected chi connectivity index (χ4v) is 4.17. The number of ether oxygens (including phenoxy) is 1. The maximum Gasteiger partial charge on any atom is 0.328 e. The molecule has 0 amide bonds. The van der Waals surface area contributed by atoms with Crippen LogP contribution in [0.4, 0.5) is 5.69 Å². The first-order valence-corrected chi connectivity index (χ1v) is 9.86. The molecule has 0 saturated heterocycles. The van der Waals surface area contributed by atoms with E-state index in [1.54, 1.807) is 0 Å². The number of nitrogens with zero attached hydrogens (tertiary/aromatic N) is 2. The standard InChI is InChI=1S/C24H31N2O2.CH4/c1-8-26(16(2)23(27)28-7)20-12-10-18-13-17-9-11-19(25(5)6)14-21(17)24(3,4)22(18)15-20;/h9-16H,8H2,1-7H3;1H4/q+1;. The molecular formula is C25H35N2O2+. The highest BCUT2D eigenvalue weighted by molar-refractivity contribution is 6.04. The largest absolute Gasteiger partial charge is 0.467 e. The summed E-state index contributed by atoms with van der Waals surface area (Å²) in [5, 5.41) is 0. The molecule has 1 aromatic carbocycles. The summed E-state index contributed by atoms with van der Waals surface area (Å²) in [6.07, 6.45) is 8.93. The molecular weight excluding hydrogens is 360 g/mol. The number of methoxy groups -OCH3 is 1. The van der Waals surface area contributed by atoms with E-state index in [0.29, 0.717) is 0 Å². The van der Waals surface area contributed by atoms with Crippen LogP contribution in [0.5, 0.6) is 0 Å². The fraction of sp³-hybridized carbons (Fsp3) is 0.440. The summed E-state index contributed by atoms with van der Waals surface area (Å²) in [6.45, 7) is 9.25. The lowest BCUT2D eigenvalue weighted by Crippen LogP contribution is -2.40. The molecule has 0 N–H and O–H groups in total. The van der Waals surface area contributed by atoms with Crippen LogP contribution < -0.4 is 4.90 Å². The molecule has 1 unspecified atom stereocenters. The number of hydrogen-bond donors (Lipinski definition) is 0. The zero-order valence-electron chi connectivity index (χ0n) is 18.0. The van der Waals surface area contributed by atoms with Crippen LogP contribution in [-0.2, 0) is 14.9 Å². The molecule has 0 radical (unpaired) electrons. The maximum absolute atomic E-state index is 12.1. The van der Waals surface area contributed by atoms with Crippen molar-refractivity contribution < 1.29 is 14.1 Å². The Hall–Kier alpha value is -2.62. The lowest BCUT2D eigenvalue weighted by Gasteiger charge is -2.37. The minimum absolute atomic E-state index is 0. The summed E-state index contributed by atoms with van der Waals surface area (Å²) in [6, 6.07) is 6.19. The van der Waals surface area contributed by atoms with Crippen LogP contribution in [0.2, 0.25) is 0 Å². The Bertz CT molecular complexity index is 928. The summed E-state index contributed by atoms with van der Waals surface area (Å²) in [7, 11) is 5.58. The SMILES string of the molecule is C.CCN(c1ccc2c(c1)C(C)(C)C1=CC(=[N+](C)C)C=CC1=C2)C(C)C(=O)OC. The van der Waals surface area contributed by atoms with Crippen LogP contribution in [0, 0.1) is 0 Å². The van der Waals surface area contributed by atoms with Gasteiger partial charge in [0.05, 0.1) is 7.11 Å². The zero-order chi connectivity index (χ0) is 20.6. The Kier molecular flexibility index (Phi) is 6.56. The van der Waals surface area contributed by atoms with Gasteiger partial charge in [-0.05, 0) is 60.4 Å². The van der Waals surface area contributed by atoms with Crippen molar-refractivity contribution in [2.75, 3.05) is 32.6 Å². The Morgan fingerprint density at radius 3 is 2.48 bits per heavy atom. The van der Waals surface area contributed by atoms with E-state index in [0.717, 1.165) is 12.2 Å². The van der Waals surface area contributed by atoms with Gasteiger partial charge in [-0.25, -0.2) is 9.37 Å². The summed E-state index contributed by atoms with van der Waals surface area (Å²) in [5.74, 6) is -0.216. The molecule has 0 fully saturated rings. The lowest BCUT2D eigenvalue weighted by atomic mass is 9.67. The van der Waals surface area contributed by atoms with Gasteiger partial charge in [0.1, 0.15) is 20.1 Å². The molecule has 4 nitrogen and oxygen atoms in total. The molecule has 29 heavy (non-hydrogen) atoms. The molecule has 2 aliphatic carbocycles. The van der Waals surface area contributed by atoms with Gasteiger partial charge < -0.3 is 9.64 Å². The molecule has 1 atom stereocenters. The zero-order valence-corrected chi connectivity index (χ0v) is 18.0. The molecule has 0 aliphatic heterocycles. The van der Waals surface area contributed by atoms with E-state index in [1.165, 1.54) is 35.1 Å². The average molecular weight is 396 g/mol. The summed E-state index contributed by atoms with van der Waals surface area (Å²) in [5.41, 5.74) is 7.24. The third-order valence-corrected chi connectivity index (χ3v) is 5.93. The second kappa shape index (κ2) is 8.40. The number of likely N-dealkylation sites (N-methyl/N-ethyl adjacent to an activating group) is 1. The number of rotatable bonds is 4. The molecule has 0 aromatic heterocycles. The predicted octanol–water partition coefficient (Wildman–Crippen LogP) is 4.59. The number of carbonyl (C=O) groups is 1. The minimum atomic E-state index is -0.323. The van der Waals surface area contributed by atoms with Crippen LogP contribution in [-0.4, -0.2) is 50.0 Å². The maximum atomic E-state index is 12.1. The van der Waals surface area contributed by atoms with Crippen molar-refractivity contribution in [3.63, 3.8) is 0 Å². The topological polar surface area (TPSA) is 32.5 Å². The number of hydrogen-bond acceptors (Lipinski definition) is 3. The first-order valence-electron chi connectivity index (χ1n) is 9.86. The number of esters is 1. The first kappa shape index (κ1) is 22.7. The van der Waals surface area contributed by atoms with E-state index in [4.69, 9.17) is 4.74 Å². The van der Waals surface area contributed by atoms with E-state index in [1.807, 2.05) is 6.92 Å². The molecule has 1 aromatic rings. The van der Waals surface area contributed by atoms with E-state index in [2.05, 4.69) is 86.8 Å². The van der Waals surface area contributed by atoms with E-state index < -0.39 is 0 Å². The normalized spacial score (nSPS) is 17.1. The van der Waals surface area contributed by atoms with Crippen LogP contribution >= 0.6 is 0 Å². The summed E-state index contributed by atoms with van der Waals surface area (Å²) in [4.78, 5) is 14.2. The molecule has 2 aliphatic rings. The van der Waals surface area contributed by atoms with Gasteiger partial charge in [0.2, 0.25) is 0 Å². The highest BCUT2D eigenvalue weighted by Crippen LogP contribution is 2.45. The van der Waals surface area contributed by atoms with Gasteiger partial charge in [-0.2, -0.15) is 0 Å². The number of anilines is 1. The van der Waals surface area contributed by atoms with Gasteiger partial charge >= 0.3 is 5.97 Å². The lowest BCUT2D eigenvalue weighted by molar-refractivity contribution is -0.462. The fourth-order valence-electron chi connectivity index (χ4n) is 4.17. The molecule has 0 bridgehead atoms. The second-order valence-electron chi connectivity index (χ2n) is 8.19. The van der Waals surface area contributed by atoms with Gasteiger partial charge in [0, 0.05) is 29.8 Å². The quantitative estimate of drug-likeness (QED) is 0.552. The second-order valence-corrected chi connectivity index (χ2v) is 8.19. The van der Waals surface area contributed by atoms with Crippen LogP contribution in [0.3, 0.4) is 0 Å². The van der Waals surface area contributed by atoms with E-state index in [-0.39, 0.29) is 24.9 Å². The molecule has 0 saturated carbocycles. The Labute approximate surface area is 175 Å². The number of carbonyl (C=O) groups excluding carboxylic acids is 1. The average Bonchev–Trinajstić information content (AvgIpc) is 2.68. The monoisotopic (exact) mass is 395 g/mol.